The highest BCUT2D eigenvalue weighted by Crippen LogP contribution is 2.36. The van der Waals surface area contributed by atoms with Crippen molar-refractivity contribution >= 4 is 11.8 Å². The minimum atomic E-state index is 0.0656. The Kier molecular flexibility index (Phi) is 2.69. The Morgan fingerprint density at radius 2 is 2.31 bits per heavy atom. The van der Waals surface area contributed by atoms with Gasteiger partial charge >= 0.3 is 0 Å². The van der Waals surface area contributed by atoms with Gasteiger partial charge in [-0.2, -0.15) is 0 Å². The number of aryl methyl sites for hydroxylation is 1. The molecule has 2 aliphatic rings. The molecule has 2 aliphatic heterocycles. The number of thioether (sulfide) groups is 1. The van der Waals surface area contributed by atoms with Crippen LogP contribution in [0.2, 0.25) is 0 Å². The number of hydrogen-bond acceptors (Lipinski definition) is 4. The Balaban J connectivity index is 1.93. The fourth-order valence-electron chi connectivity index (χ4n) is 2.49. The van der Waals surface area contributed by atoms with Crippen LogP contribution in [-0.2, 0) is 16.7 Å². The first kappa shape index (κ1) is 10.6. The van der Waals surface area contributed by atoms with Crippen LogP contribution < -0.4 is 5.73 Å². The van der Waals surface area contributed by atoms with Crippen LogP contribution >= 0.6 is 11.8 Å². The number of rotatable bonds is 2. The normalized spacial score (nSPS) is 23.3. The smallest absolute Gasteiger partial charge is 0.168 e. The fourth-order valence-corrected chi connectivity index (χ4v) is 3.44. The first-order chi connectivity index (χ1) is 7.84. The maximum absolute atomic E-state index is 5.98. The molecule has 4 nitrogen and oxygen atoms in total. The van der Waals surface area contributed by atoms with Gasteiger partial charge in [0, 0.05) is 43.7 Å². The molecule has 3 heterocycles. The standard InChI is InChI=1S/C11H17N3OS/c12-8-11(1-4-15-5-2-11)9-7-14-3-6-16-10(14)13-9/h7H,1-6,8,12H2. The average Bonchev–Trinajstić information content (AvgIpc) is 2.90. The molecule has 0 unspecified atom stereocenters. The summed E-state index contributed by atoms with van der Waals surface area (Å²) >= 11 is 1.84. The van der Waals surface area contributed by atoms with E-state index in [1.54, 1.807) is 0 Å². The van der Waals surface area contributed by atoms with Gasteiger partial charge in [0.1, 0.15) is 0 Å². The van der Waals surface area contributed by atoms with Crippen molar-refractivity contribution in [3.8, 4) is 0 Å². The zero-order chi connectivity index (χ0) is 11.0. The molecule has 0 amide bonds. The largest absolute Gasteiger partial charge is 0.381 e. The Morgan fingerprint density at radius 3 is 3.00 bits per heavy atom. The molecule has 2 N–H and O–H groups in total. The molecule has 1 saturated heterocycles. The first-order valence-electron chi connectivity index (χ1n) is 5.82. The number of imidazole rings is 1. The lowest BCUT2D eigenvalue weighted by molar-refractivity contribution is 0.0515. The summed E-state index contributed by atoms with van der Waals surface area (Å²) in [6.07, 6.45) is 4.21. The van der Waals surface area contributed by atoms with E-state index in [1.807, 2.05) is 11.8 Å². The predicted molar refractivity (Wildman–Crippen MR) is 63.7 cm³/mol. The summed E-state index contributed by atoms with van der Waals surface area (Å²) in [6, 6.07) is 0. The van der Waals surface area contributed by atoms with Gasteiger partial charge in [-0.1, -0.05) is 11.8 Å². The van der Waals surface area contributed by atoms with Crippen LogP contribution in [0.15, 0.2) is 11.4 Å². The van der Waals surface area contributed by atoms with Gasteiger partial charge in [0.15, 0.2) is 5.16 Å². The third-order valence-corrected chi connectivity index (χ3v) is 4.66. The van der Waals surface area contributed by atoms with Crippen molar-refractivity contribution in [2.45, 2.75) is 30.0 Å². The van der Waals surface area contributed by atoms with E-state index in [2.05, 4.69) is 10.8 Å². The highest BCUT2D eigenvalue weighted by molar-refractivity contribution is 7.99. The third kappa shape index (κ3) is 1.58. The molecule has 0 atom stereocenters. The topological polar surface area (TPSA) is 53.1 Å². The van der Waals surface area contributed by atoms with Crippen molar-refractivity contribution in [2.24, 2.45) is 5.73 Å². The van der Waals surface area contributed by atoms with E-state index in [-0.39, 0.29) is 5.41 Å². The molecule has 0 spiro atoms. The highest BCUT2D eigenvalue weighted by atomic mass is 32.2. The van der Waals surface area contributed by atoms with Crippen molar-refractivity contribution in [1.29, 1.82) is 0 Å². The van der Waals surface area contributed by atoms with Crippen molar-refractivity contribution in [2.75, 3.05) is 25.5 Å². The maximum Gasteiger partial charge on any atom is 0.168 e. The van der Waals surface area contributed by atoms with Crippen LogP contribution in [0.3, 0.4) is 0 Å². The molecule has 1 fully saturated rings. The van der Waals surface area contributed by atoms with Gasteiger partial charge in [-0.3, -0.25) is 0 Å². The molecule has 0 bridgehead atoms. The molecule has 0 saturated carbocycles. The fraction of sp³-hybridized carbons (Fsp3) is 0.727. The maximum atomic E-state index is 5.98. The molecule has 1 aromatic heterocycles. The van der Waals surface area contributed by atoms with Crippen LogP contribution in [-0.4, -0.2) is 35.1 Å². The van der Waals surface area contributed by atoms with E-state index in [1.165, 1.54) is 5.69 Å². The van der Waals surface area contributed by atoms with Gasteiger partial charge in [-0.25, -0.2) is 4.98 Å². The van der Waals surface area contributed by atoms with Crippen molar-refractivity contribution in [1.82, 2.24) is 9.55 Å². The van der Waals surface area contributed by atoms with E-state index in [0.29, 0.717) is 6.54 Å². The number of nitrogens with zero attached hydrogens (tertiary/aromatic N) is 2. The van der Waals surface area contributed by atoms with Crippen molar-refractivity contribution in [3.05, 3.63) is 11.9 Å². The van der Waals surface area contributed by atoms with Gasteiger partial charge in [0.05, 0.1) is 5.69 Å². The van der Waals surface area contributed by atoms with E-state index >= 15 is 0 Å². The first-order valence-corrected chi connectivity index (χ1v) is 6.81. The SMILES string of the molecule is NCC1(c2cn3c(n2)SCC3)CCOCC1. The minimum absolute atomic E-state index is 0.0656. The number of ether oxygens (including phenoxy) is 1. The van der Waals surface area contributed by atoms with E-state index in [0.717, 1.165) is 43.5 Å². The number of fused-ring (bicyclic) bond motifs is 1. The molecule has 0 radical (unpaired) electrons. The monoisotopic (exact) mass is 239 g/mol. The van der Waals surface area contributed by atoms with Gasteiger partial charge in [0.25, 0.3) is 0 Å². The molecule has 88 valence electrons. The van der Waals surface area contributed by atoms with Crippen LogP contribution in [0.5, 0.6) is 0 Å². The molecule has 3 rings (SSSR count). The van der Waals surface area contributed by atoms with Crippen LogP contribution in [0.1, 0.15) is 18.5 Å². The molecule has 1 aromatic rings. The molecule has 16 heavy (non-hydrogen) atoms. The summed E-state index contributed by atoms with van der Waals surface area (Å²) in [4.78, 5) is 4.75. The van der Waals surface area contributed by atoms with E-state index in [4.69, 9.17) is 15.5 Å². The van der Waals surface area contributed by atoms with Crippen LogP contribution in [0.4, 0.5) is 0 Å². The van der Waals surface area contributed by atoms with Crippen LogP contribution in [0, 0.1) is 0 Å². The predicted octanol–water partition coefficient (Wildman–Crippen LogP) is 0.996. The summed E-state index contributed by atoms with van der Waals surface area (Å²) in [5, 5.41) is 1.16. The van der Waals surface area contributed by atoms with Gasteiger partial charge in [-0.15, -0.1) is 0 Å². The summed E-state index contributed by atoms with van der Waals surface area (Å²) in [7, 11) is 0. The Labute approximate surface area is 99.6 Å². The Bertz CT molecular complexity index is 363. The highest BCUT2D eigenvalue weighted by Gasteiger charge is 2.36. The number of aromatic nitrogens is 2. The van der Waals surface area contributed by atoms with Gasteiger partial charge in [0.2, 0.25) is 0 Å². The summed E-state index contributed by atoms with van der Waals surface area (Å²) in [5.74, 6) is 1.15. The lowest BCUT2D eigenvalue weighted by Crippen LogP contribution is -2.41. The third-order valence-electron chi connectivity index (χ3n) is 3.69. The van der Waals surface area contributed by atoms with E-state index < -0.39 is 0 Å². The quantitative estimate of drug-likeness (QED) is 0.836. The second-order valence-corrected chi connectivity index (χ2v) is 5.61. The second kappa shape index (κ2) is 4.05. The van der Waals surface area contributed by atoms with Gasteiger partial charge in [-0.05, 0) is 12.8 Å². The lowest BCUT2D eigenvalue weighted by atomic mass is 9.78. The lowest BCUT2D eigenvalue weighted by Gasteiger charge is -2.34. The number of hydrogen-bond donors (Lipinski definition) is 1. The van der Waals surface area contributed by atoms with Crippen molar-refractivity contribution < 1.29 is 4.74 Å². The summed E-state index contributed by atoms with van der Waals surface area (Å²) < 4.78 is 7.69. The molecule has 0 aromatic carbocycles. The number of nitrogens with two attached hydrogens (primary N) is 1. The molecule has 5 heteroatoms. The zero-order valence-electron chi connectivity index (χ0n) is 9.32. The second-order valence-electron chi connectivity index (χ2n) is 4.55. The molecule has 0 aliphatic carbocycles. The average molecular weight is 239 g/mol. The van der Waals surface area contributed by atoms with Crippen molar-refractivity contribution in [3.63, 3.8) is 0 Å². The summed E-state index contributed by atoms with van der Waals surface area (Å²) in [5.41, 5.74) is 7.22. The summed E-state index contributed by atoms with van der Waals surface area (Å²) in [6.45, 7) is 3.39. The minimum Gasteiger partial charge on any atom is -0.381 e. The Morgan fingerprint density at radius 1 is 1.50 bits per heavy atom. The van der Waals surface area contributed by atoms with E-state index in [9.17, 15) is 0 Å². The molecular formula is C11H17N3OS. The van der Waals surface area contributed by atoms with Crippen LogP contribution in [0.25, 0.3) is 0 Å². The van der Waals surface area contributed by atoms with Gasteiger partial charge < -0.3 is 15.0 Å². The molecular weight excluding hydrogens is 222 g/mol. The zero-order valence-corrected chi connectivity index (χ0v) is 10.1. The Hall–Kier alpha value is -0.520.